The summed E-state index contributed by atoms with van der Waals surface area (Å²) in [6.45, 7) is 2.21. The molecule has 0 aliphatic heterocycles. The van der Waals surface area contributed by atoms with Crippen LogP contribution in [0.3, 0.4) is 0 Å². The van der Waals surface area contributed by atoms with Gasteiger partial charge in [-0.3, -0.25) is 0 Å². The maximum Gasteiger partial charge on any atom is 0.0177 e. The largest absolute Gasteiger partial charge is 0.161 e. The lowest BCUT2D eigenvalue weighted by Gasteiger charge is -1.94. The molecule has 52 valence electrons. The Balaban J connectivity index is 2.69. The molecular weight excluding hydrogens is 128 g/mol. The average molecular weight is 142 g/mol. The van der Waals surface area contributed by atoms with E-state index in [4.69, 9.17) is 6.42 Å². The molecule has 0 saturated carbocycles. The van der Waals surface area contributed by atoms with E-state index < -0.39 is 0 Å². The Morgan fingerprint density at radius 1 is 1.44 bits per heavy atom. The van der Waals surface area contributed by atoms with Gasteiger partial charge < -0.3 is 0 Å². The maximum absolute atomic E-state index is 5.08. The summed E-state index contributed by atoms with van der Waals surface area (Å²) < 4.78 is 0. The van der Waals surface area contributed by atoms with E-state index in [-0.39, 0.29) is 0 Å². The van der Waals surface area contributed by atoms with Crippen molar-refractivity contribution in [3.8, 4) is 12.3 Å². The van der Waals surface area contributed by atoms with Crippen molar-refractivity contribution in [2.24, 2.45) is 0 Å². The fourth-order valence-electron chi connectivity index (χ4n) is 0.480. The summed E-state index contributed by atoms with van der Waals surface area (Å²) in [5.74, 6) is 5.04. The van der Waals surface area contributed by atoms with Gasteiger partial charge in [0.25, 0.3) is 0 Å². The third-order valence-corrected chi connectivity index (χ3v) is 2.10. The lowest BCUT2D eigenvalue weighted by molar-refractivity contribution is 0.896. The lowest BCUT2D eigenvalue weighted by atomic mass is 10.4. The van der Waals surface area contributed by atoms with Crippen LogP contribution in [0.1, 0.15) is 26.2 Å². The summed E-state index contributed by atoms with van der Waals surface area (Å²) in [5, 5.41) is 0. The molecule has 0 aromatic rings. The first-order chi connectivity index (χ1) is 4.41. The van der Waals surface area contributed by atoms with Crippen LogP contribution in [-0.2, 0) is 0 Å². The number of thioether (sulfide) groups is 1. The van der Waals surface area contributed by atoms with Gasteiger partial charge in [-0.15, -0.1) is 12.3 Å². The van der Waals surface area contributed by atoms with E-state index in [9.17, 15) is 0 Å². The van der Waals surface area contributed by atoms with Crippen LogP contribution >= 0.6 is 11.8 Å². The zero-order chi connectivity index (χ0) is 6.95. The van der Waals surface area contributed by atoms with Crippen LogP contribution < -0.4 is 0 Å². The summed E-state index contributed by atoms with van der Waals surface area (Å²) in [5.41, 5.74) is 0. The number of rotatable bonds is 5. The third-order valence-electron chi connectivity index (χ3n) is 1.03. The smallest absolute Gasteiger partial charge is 0.0177 e. The van der Waals surface area contributed by atoms with Gasteiger partial charge in [0.1, 0.15) is 0 Å². The van der Waals surface area contributed by atoms with Gasteiger partial charge in [-0.05, 0) is 12.2 Å². The van der Waals surface area contributed by atoms with Crippen LogP contribution in [0.25, 0.3) is 0 Å². The van der Waals surface area contributed by atoms with Gasteiger partial charge in [0, 0.05) is 12.2 Å². The first-order valence-electron chi connectivity index (χ1n) is 3.43. The molecular formula is C8H14S. The Bertz CT molecular complexity index is 81.1. The normalized spacial score (nSPS) is 8.89. The molecule has 0 heterocycles. The van der Waals surface area contributed by atoms with Crippen molar-refractivity contribution in [1.29, 1.82) is 0 Å². The molecule has 0 aliphatic carbocycles. The highest BCUT2D eigenvalue weighted by Gasteiger charge is 1.84. The molecule has 0 unspecified atom stereocenters. The molecule has 0 aromatic carbocycles. The van der Waals surface area contributed by atoms with Crippen molar-refractivity contribution < 1.29 is 0 Å². The summed E-state index contributed by atoms with van der Waals surface area (Å²) in [6.07, 6.45) is 8.63. The van der Waals surface area contributed by atoms with Crippen molar-refractivity contribution >= 4 is 11.8 Å². The molecule has 0 rings (SSSR count). The highest BCUT2D eigenvalue weighted by atomic mass is 32.2. The monoisotopic (exact) mass is 142 g/mol. The minimum absolute atomic E-state index is 0.925. The fraction of sp³-hybridized carbons (Fsp3) is 0.750. The van der Waals surface area contributed by atoms with E-state index in [2.05, 4.69) is 12.8 Å². The van der Waals surface area contributed by atoms with Crippen LogP contribution in [0.5, 0.6) is 0 Å². The average Bonchev–Trinajstić information content (AvgIpc) is 1.89. The predicted octanol–water partition coefficient (Wildman–Crippen LogP) is 2.54. The second-order valence-electron chi connectivity index (χ2n) is 1.92. The van der Waals surface area contributed by atoms with Gasteiger partial charge in [0.2, 0.25) is 0 Å². The van der Waals surface area contributed by atoms with Gasteiger partial charge in [-0.1, -0.05) is 13.3 Å². The minimum atomic E-state index is 0.925. The first-order valence-corrected chi connectivity index (χ1v) is 4.58. The fourth-order valence-corrected chi connectivity index (χ4v) is 1.44. The second kappa shape index (κ2) is 7.91. The Labute approximate surface area is 62.4 Å². The molecule has 0 aromatic heterocycles. The van der Waals surface area contributed by atoms with E-state index >= 15 is 0 Å². The Hall–Kier alpha value is -0.0900. The lowest BCUT2D eigenvalue weighted by Crippen LogP contribution is -1.80. The molecule has 0 aliphatic rings. The van der Waals surface area contributed by atoms with Gasteiger partial charge in [-0.2, -0.15) is 11.8 Å². The van der Waals surface area contributed by atoms with Crippen molar-refractivity contribution in [2.75, 3.05) is 11.5 Å². The molecule has 0 N–H and O–H groups in total. The Morgan fingerprint density at radius 3 is 2.78 bits per heavy atom. The highest BCUT2D eigenvalue weighted by molar-refractivity contribution is 7.99. The molecule has 9 heavy (non-hydrogen) atoms. The minimum Gasteiger partial charge on any atom is -0.161 e. The van der Waals surface area contributed by atoms with Crippen LogP contribution in [0.2, 0.25) is 0 Å². The molecule has 0 fully saturated rings. The quantitative estimate of drug-likeness (QED) is 0.420. The Kier molecular flexibility index (Phi) is 7.83. The zero-order valence-corrected chi connectivity index (χ0v) is 6.84. The topological polar surface area (TPSA) is 0 Å². The van der Waals surface area contributed by atoms with E-state index in [1.165, 1.54) is 18.6 Å². The first kappa shape index (κ1) is 8.91. The van der Waals surface area contributed by atoms with Crippen molar-refractivity contribution in [3.63, 3.8) is 0 Å². The SMILES string of the molecule is C#CCCSCCCC. The third kappa shape index (κ3) is 7.91. The molecule has 0 radical (unpaired) electrons. The zero-order valence-electron chi connectivity index (χ0n) is 6.02. The molecule has 1 heteroatoms. The van der Waals surface area contributed by atoms with E-state index in [0.29, 0.717) is 0 Å². The number of hydrogen-bond donors (Lipinski definition) is 0. The Morgan fingerprint density at radius 2 is 2.22 bits per heavy atom. The van der Waals surface area contributed by atoms with Crippen LogP contribution in [0.4, 0.5) is 0 Å². The van der Waals surface area contributed by atoms with Gasteiger partial charge in [0.15, 0.2) is 0 Å². The van der Waals surface area contributed by atoms with Crippen molar-refractivity contribution in [3.05, 3.63) is 0 Å². The number of hydrogen-bond acceptors (Lipinski definition) is 1. The van der Waals surface area contributed by atoms with Crippen LogP contribution in [-0.4, -0.2) is 11.5 Å². The summed E-state index contributed by atoms with van der Waals surface area (Å²) in [7, 11) is 0. The van der Waals surface area contributed by atoms with Gasteiger partial charge >= 0.3 is 0 Å². The van der Waals surface area contributed by atoms with Crippen molar-refractivity contribution in [2.45, 2.75) is 26.2 Å². The second-order valence-corrected chi connectivity index (χ2v) is 3.14. The predicted molar refractivity (Wildman–Crippen MR) is 45.7 cm³/mol. The standard InChI is InChI=1S/C8H14S/c1-3-5-7-9-8-6-4-2/h1H,4-8H2,2H3. The molecule has 0 atom stereocenters. The maximum atomic E-state index is 5.08. The number of unbranched alkanes of at least 4 members (excludes halogenated alkanes) is 1. The summed E-state index contributed by atoms with van der Waals surface area (Å²) in [6, 6.07) is 0. The molecule has 0 nitrogen and oxygen atoms in total. The van der Waals surface area contributed by atoms with Gasteiger partial charge in [-0.25, -0.2) is 0 Å². The molecule has 0 bridgehead atoms. The van der Waals surface area contributed by atoms with E-state index in [1.807, 2.05) is 11.8 Å². The van der Waals surface area contributed by atoms with Crippen LogP contribution in [0, 0.1) is 12.3 Å². The molecule has 0 saturated heterocycles. The molecule has 0 amide bonds. The molecule has 0 spiro atoms. The van der Waals surface area contributed by atoms with Crippen molar-refractivity contribution in [1.82, 2.24) is 0 Å². The van der Waals surface area contributed by atoms with Crippen LogP contribution in [0.15, 0.2) is 0 Å². The highest BCUT2D eigenvalue weighted by Crippen LogP contribution is 2.04. The number of terminal acetylenes is 1. The summed E-state index contributed by atoms with van der Waals surface area (Å²) >= 11 is 1.96. The van der Waals surface area contributed by atoms with E-state index in [1.54, 1.807) is 0 Å². The van der Waals surface area contributed by atoms with Gasteiger partial charge in [0.05, 0.1) is 0 Å². The summed E-state index contributed by atoms with van der Waals surface area (Å²) in [4.78, 5) is 0. The van der Waals surface area contributed by atoms with E-state index in [0.717, 1.165) is 12.2 Å².